The molecule has 0 aromatic carbocycles. The van der Waals surface area contributed by atoms with E-state index in [0.29, 0.717) is 18.5 Å². The van der Waals surface area contributed by atoms with E-state index < -0.39 is 0 Å². The summed E-state index contributed by atoms with van der Waals surface area (Å²) in [7, 11) is 0. The fraction of sp³-hybridized carbons (Fsp3) is 0.889. The molecule has 0 bridgehead atoms. The molecule has 0 amide bonds. The lowest BCUT2D eigenvalue weighted by Gasteiger charge is -2.29. The SMILES string of the molecule is CC1CCCCC1NCC(N)=NO. The van der Waals surface area contributed by atoms with Gasteiger partial charge in [-0.1, -0.05) is 24.9 Å². The molecule has 0 spiro atoms. The normalized spacial score (nSPS) is 30.4. The van der Waals surface area contributed by atoms with Gasteiger partial charge in [0, 0.05) is 6.04 Å². The second kappa shape index (κ2) is 5.07. The third kappa shape index (κ3) is 3.22. The molecule has 0 aromatic heterocycles. The monoisotopic (exact) mass is 185 g/mol. The predicted molar refractivity (Wildman–Crippen MR) is 52.8 cm³/mol. The van der Waals surface area contributed by atoms with Crippen LogP contribution in [0, 0.1) is 5.92 Å². The second-order valence-electron chi connectivity index (χ2n) is 3.84. The van der Waals surface area contributed by atoms with Crippen LogP contribution < -0.4 is 11.1 Å². The minimum Gasteiger partial charge on any atom is -0.409 e. The van der Waals surface area contributed by atoms with Crippen molar-refractivity contribution in [1.82, 2.24) is 5.32 Å². The molecule has 2 atom stereocenters. The molecule has 1 fully saturated rings. The molecule has 0 heterocycles. The fourth-order valence-electron chi connectivity index (χ4n) is 1.89. The van der Waals surface area contributed by atoms with Gasteiger partial charge in [-0.2, -0.15) is 0 Å². The second-order valence-corrected chi connectivity index (χ2v) is 3.84. The van der Waals surface area contributed by atoms with Crippen LogP contribution in [0.4, 0.5) is 0 Å². The van der Waals surface area contributed by atoms with Crippen LogP contribution in [0.5, 0.6) is 0 Å². The summed E-state index contributed by atoms with van der Waals surface area (Å²) in [6.07, 6.45) is 5.12. The van der Waals surface area contributed by atoms with E-state index in [4.69, 9.17) is 10.9 Å². The van der Waals surface area contributed by atoms with Crippen molar-refractivity contribution in [2.24, 2.45) is 16.8 Å². The molecule has 4 N–H and O–H groups in total. The number of rotatable bonds is 3. The highest BCUT2D eigenvalue weighted by molar-refractivity contribution is 5.81. The Morgan fingerprint density at radius 2 is 2.23 bits per heavy atom. The van der Waals surface area contributed by atoms with Gasteiger partial charge in [0.15, 0.2) is 5.84 Å². The fourth-order valence-corrected chi connectivity index (χ4v) is 1.89. The zero-order chi connectivity index (χ0) is 9.68. The summed E-state index contributed by atoms with van der Waals surface area (Å²) in [5.41, 5.74) is 5.37. The average Bonchev–Trinajstić information content (AvgIpc) is 2.16. The van der Waals surface area contributed by atoms with Crippen molar-refractivity contribution in [2.45, 2.75) is 38.6 Å². The number of nitrogens with two attached hydrogens (primary N) is 1. The van der Waals surface area contributed by atoms with E-state index in [1.807, 2.05) is 0 Å². The molecular formula is C9H19N3O. The first-order chi connectivity index (χ1) is 6.24. The molecule has 1 aliphatic rings. The van der Waals surface area contributed by atoms with Gasteiger partial charge in [0.2, 0.25) is 0 Å². The van der Waals surface area contributed by atoms with Crippen molar-refractivity contribution < 1.29 is 5.21 Å². The summed E-state index contributed by atoms with van der Waals surface area (Å²) in [6.45, 7) is 2.74. The van der Waals surface area contributed by atoms with Crippen molar-refractivity contribution in [2.75, 3.05) is 6.54 Å². The molecule has 0 aromatic rings. The Balaban J connectivity index is 2.26. The Labute approximate surface area is 79.2 Å². The molecule has 4 heteroatoms. The first-order valence-electron chi connectivity index (χ1n) is 4.94. The largest absolute Gasteiger partial charge is 0.409 e. The number of nitrogens with one attached hydrogen (secondary N) is 1. The predicted octanol–water partition coefficient (Wildman–Crippen LogP) is 0.901. The summed E-state index contributed by atoms with van der Waals surface area (Å²) in [4.78, 5) is 0. The quantitative estimate of drug-likeness (QED) is 0.265. The van der Waals surface area contributed by atoms with Gasteiger partial charge in [-0.05, 0) is 18.8 Å². The summed E-state index contributed by atoms with van der Waals surface area (Å²) in [5.74, 6) is 0.970. The molecule has 2 unspecified atom stereocenters. The van der Waals surface area contributed by atoms with Gasteiger partial charge in [0.25, 0.3) is 0 Å². The maximum Gasteiger partial charge on any atom is 0.153 e. The van der Waals surface area contributed by atoms with Crippen LogP contribution in [-0.2, 0) is 0 Å². The Morgan fingerprint density at radius 1 is 1.54 bits per heavy atom. The highest BCUT2D eigenvalue weighted by Crippen LogP contribution is 2.23. The highest BCUT2D eigenvalue weighted by Gasteiger charge is 2.20. The van der Waals surface area contributed by atoms with Crippen LogP contribution >= 0.6 is 0 Å². The molecule has 0 saturated heterocycles. The van der Waals surface area contributed by atoms with E-state index in [1.165, 1.54) is 25.7 Å². The van der Waals surface area contributed by atoms with Crippen molar-refractivity contribution in [3.05, 3.63) is 0 Å². The maximum atomic E-state index is 8.35. The van der Waals surface area contributed by atoms with Crippen LogP contribution in [0.3, 0.4) is 0 Å². The van der Waals surface area contributed by atoms with E-state index in [2.05, 4.69) is 17.4 Å². The number of oxime groups is 1. The zero-order valence-electron chi connectivity index (χ0n) is 8.16. The lowest BCUT2D eigenvalue weighted by molar-refractivity contribution is 0.286. The minimum atomic E-state index is 0.262. The maximum absolute atomic E-state index is 8.35. The molecular weight excluding hydrogens is 166 g/mol. The highest BCUT2D eigenvalue weighted by atomic mass is 16.4. The summed E-state index contributed by atoms with van der Waals surface area (Å²) < 4.78 is 0. The van der Waals surface area contributed by atoms with Gasteiger partial charge in [0.05, 0.1) is 6.54 Å². The molecule has 0 aliphatic heterocycles. The Hall–Kier alpha value is -0.770. The lowest BCUT2D eigenvalue weighted by atomic mass is 9.86. The molecule has 0 radical (unpaired) electrons. The van der Waals surface area contributed by atoms with E-state index in [9.17, 15) is 0 Å². The van der Waals surface area contributed by atoms with E-state index >= 15 is 0 Å². The molecule has 13 heavy (non-hydrogen) atoms. The average molecular weight is 185 g/mol. The number of nitrogens with zero attached hydrogens (tertiary/aromatic N) is 1. The van der Waals surface area contributed by atoms with Crippen LogP contribution in [0.15, 0.2) is 5.16 Å². The topological polar surface area (TPSA) is 70.6 Å². The molecule has 76 valence electrons. The number of hydrogen-bond acceptors (Lipinski definition) is 3. The zero-order valence-corrected chi connectivity index (χ0v) is 8.16. The van der Waals surface area contributed by atoms with Crippen molar-refractivity contribution in [1.29, 1.82) is 0 Å². The van der Waals surface area contributed by atoms with Crippen LogP contribution in [-0.4, -0.2) is 23.6 Å². The van der Waals surface area contributed by atoms with Gasteiger partial charge >= 0.3 is 0 Å². The van der Waals surface area contributed by atoms with Gasteiger partial charge in [-0.3, -0.25) is 0 Å². The first-order valence-corrected chi connectivity index (χ1v) is 4.94. The molecule has 1 rings (SSSR count). The van der Waals surface area contributed by atoms with Gasteiger partial charge in [-0.15, -0.1) is 0 Å². The third-order valence-corrected chi connectivity index (χ3v) is 2.79. The number of amidine groups is 1. The first kappa shape index (κ1) is 10.3. The molecule has 1 saturated carbocycles. The van der Waals surface area contributed by atoms with Gasteiger partial charge in [-0.25, -0.2) is 0 Å². The van der Waals surface area contributed by atoms with Gasteiger partial charge < -0.3 is 16.3 Å². The Morgan fingerprint density at radius 3 is 2.85 bits per heavy atom. The van der Waals surface area contributed by atoms with Crippen molar-refractivity contribution in [3.8, 4) is 0 Å². The molecule has 1 aliphatic carbocycles. The van der Waals surface area contributed by atoms with E-state index in [-0.39, 0.29) is 5.84 Å². The standard InChI is InChI=1S/C9H19N3O/c1-7-4-2-3-5-8(7)11-6-9(10)12-13/h7-8,11,13H,2-6H2,1H3,(H2,10,12). The summed E-state index contributed by atoms with van der Waals surface area (Å²) in [5, 5.41) is 14.6. The van der Waals surface area contributed by atoms with Crippen molar-refractivity contribution in [3.63, 3.8) is 0 Å². The Kier molecular flexibility index (Phi) is 4.02. The van der Waals surface area contributed by atoms with Crippen LogP contribution in [0.1, 0.15) is 32.6 Å². The smallest absolute Gasteiger partial charge is 0.153 e. The third-order valence-electron chi connectivity index (χ3n) is 2.79. The summed E-state index contributed by atoms with van der Waals surface area (Å²) in [6, 6.07) is 0.536. The van der Waals surface area contributed by atoms with E-state index in [0.717, 1.165) is 0 Å². The van der Waals surface area contributed by atoms with Crippen LogP contribution in [0.2, 0.25) is 0 Å². The minimum absolute atomic E-state index is 0.262. The summed E-state index contributed by atoms with van der Waals surface area (Å²) >= 11 is 0. The van der Waals surface area contributed by atoms with Crippen LogP contribution in [0.25, 0.3) is 0 Å². The number of hydrogen-bond donors (Lipinski definition) is 3. The molecule has 4 nitrogen and oxygen atoms in total. The van der Waals surface area contributed by atoms with Crippen molar-refractivity contribution >= 4 is 5.84 Å². The Bertz CT molecular complexity index is 182. The van der Waals surface area contributed by atoms with E-state index in [1.54, 1.807) is 0 Å². The van der Waals surface area contributed by atoms with Gasteiger partial charge in [0.1, 0.15) is 0 Å². The lowest BCUT2D eigenvalue weighted by Crippen LogP contribution is -2.41.